The Morgan fingerprint density at radius 1 is 1.31 bits per heavy atom. The van der Waals surface area contributed by atoms with Gasteiger partial charge in [-0.3, -0.25) is 10.3 Å². The lowest BCUT2D eigenvalue weighted by atomic mass is 10.1. The Morgan fingerprint density at radius 3 is 2.65 bits per heavy atom. The Bertz CT molecular complexity index is 593. The topological polar surface area (TPSA) is 58.1 Å². The van der Waals surface area contributed by atoms with Crippen molar-refractivity contribution in [3.63, 3.8) is 0 Å². The van der Waals surface area contributed by atoms with Crippen molar-refractivity contribution < 1.29 is 18.3 Å². The van der Waals surface area contributed by atoms with Gasteiger partial charge in [0.2, 0.25) is 0 Å². The maximum Gasteiger partial charge on any atom is 0.387 e. The molecule has 1 aromatic rings. The number of ether oxygens (including phenoxy) is 2. The lowest BCUT2D eigenvalue weighted by Crippen LogP contribution is -2.39. The molecular weight excluding hydrogens is 362 g/mol. The maximum absolute atomic E-state index is 12.1. The second-order valence-corrected chi connectivity index (χ2v) is 6.18. The molecule has 6 nitrogen and oxygen atoms in total. The normalized spacial score (nSPS) is 15.8. The van der Waals surface area contributed by atoms with Gasteiger partial charge in [-0.25, -0.2) is 0 Å². The van der Waals surface area contributed by atoms with E-state index in [2.05, 4.69) is 25.5 Å². The summed E-state index contributed by atoms with van der Waals surface area (Å²) in [6, 6.07) is 6.28. The predicted molar refractivity (Wildman–Crippen MR) is 101 cm³/mol. The lowest BCUT2D eigenvalue weighted by Gasteiger charge is -2.26. The van der Waals surface area contributed by atoms with E-state index in [-0.39, 0.29) is 5.75 Å². The van der Waals surface area contributed by atoms with Crippen molar-refractivity contribution in [3.05, 3.63) is 29.8 Å². The fourth-order valence-electron chi connectivity index (χ4n) is 2.45. The molecule has 2 N–H and O–H groups in total. The van der Waals surface area contributed by atoms with E-state index in [4.69, 9.17) is 17.0 Å². The fourth-order valence-corrected chi connectivity index (χ4v) is 2.59. The van der Waals surface area contributed by atoms with Crippen LogP contribution in [-0.4, -0.2) is 61.7 Å². The number of halogens is 2. The largest absolute Gasteiger partial charge is 0.435 e. The highest BCUT2D eigenvalue weighted by molar-refractivity contribution is 7.80. The van der Waals surface area contributed by atoms with Gasteiger partial charge in [0.05, 0.1) is 18.9 Å². The quantitative estimate of drug-likeness (QED) is 0.309. The van der Waals surface area contributed by atoms with Gasteiger partial charge in [0.25, 0.3) is 0 Å². The Balaban J connectivity index is 1.67. The summed E-state index contributed by atoms with van der Waals surface area (Å²) < 4.78 is 33.9. The van der Waals surface area contributed by atoms with Gasteiger partial charge in [0.15, 0.2) is 5.11 Å². The van der Waals surface area contributed by atoms with Crippen molar-refractivity contribution >= 4 is 23.0 Å². The number of hydrazone groups is 1. The van der Waals surface area contributed by atoms with E-state index in [1.807, 2.05) is 0 Å². The van der Waals surface area contributed by atoms with Gasteiger partial charge in [-0.1, -0.05) is 0 Å². The van der Waals surface area contributed by atoms with Gasteiger partial charge in [0.1, 0.15) is 5.75 Å². The standard InChI is InChI=1S/C17H24F2N4O2S/c1-13(14-3-5-15(6-4-14)25-16(18)19)21-22-17(26)20-7-2-8-23-9-11-24-12-10-23/h3-6,16H,2,7-12H2,1H3,(H2,20,22,26)/b21-13-. The Kier molecular flexibility index (Phi) is 8.66. The van der Waals surface area contributed by atoms with E-state index in [0.717, 1.165) is 51.4 Å². The molecule has 0 atom stereocenters. The van der Waals surface area contributed by atoms with E-state index in [0.29, 0.717) is 10.8 Å². The molecule has 0 unspecified atom stereocenters. The SMILES string of the molecule is C/C(=N/NC(=S)NCCCN1CCOCC1)c1ccc(OC(F)F)cc1. The zero-order valence-corrected chi connectivity index (χ0v) is 15.5. The number of thiocarbonyl (C=S) groups is 1. The molecule has 0 radical (unpaired) electrons. The van der Waals surface area contributed by atoms with Crippen LogP contribution in [0.15, 0.2) is 29.4 Å². The number of nitrogens with one attached hydrogen (secondary N) is 2. The van der Waals surface area contributed by atoms with Crippen molar-refractivity contribution in [1.82, 2.24) is 15.6 Å². The van der Waals surface area contributed by atoms with Crippen molar-refractivity contribution in [3.8, 4) is 5.75 Å². The molecule has 0 amide bonds. The molecule has 0 saturated carbocycles. The minimum Gasteiger partial charge on any atom is -0.435 e. The molecule has 0 aromatic heterocycles. The minimum atomic E-state index is -2.83. The van der Waals surface area contributed by atoms with Crippen LogP contribution in [0.5, 0.6) is 5.75 Å². The second-order valence-electron chi connectivity index (χ2n) is 5.78. The van der Waals surface area contributed by atoms with Crippen LogP contribution >= 0.6 is 12.2 Å². The molecule has 0 bridgehead atoms. The fraction of sp³-hybridized carbons (Fsp3) is 0.529. The van der Waals surface area contributed by atoms with Crippen LogP contribution in [0.3, 0.4) is 0 Å². The lowest BCUT2D eigenvalue weighted by molar-refractivity contribution is -0.0498. The highest BCUT2D eigenvalue weighted by atomic mass is 32.1. The van der Waals surface area contributed by atoms with Crippen molar-refractivity contribution in [2.75, 3.05) is 39.4 Å². The van der Waals surface area contributed by atoms with Gasteiger partial charge in [-0.2, -0.15) is 13.9 Å². The number of rotatable bonds is 8. The zero-order valence-electron chi connectivity index (χ0n) is 14.7. The average molecular weight is 386 g/mol. The molecule has 26 heavy (non-hydrogen) atoms. The highest BCUT2D eigenvalue weighted by Gasteiger charge is 2.09. The van der Waals surface area contributed by atoms with Gasteiger partial charge in [-0.15, -0.1) is 0 Å². The maximum atomic E-state index is 12.1. The van der Waals surface area contributed by atoms with E-state index >= 15 is 0 Å². The van der Waals surface area contributed by atoms with Crippen LogP contribution in [0.2, 0.25) is 0 Å². The van der Waals surface area contributed by atoms with Crippen LogP contribution < -0.4 is 15.5 Å². The second kappa shape index (κ2) is 11.0. The van der Waals surface area contributed by atoms with Crippen molar-refractivity contribution in [1.29, 1.82) is 0 Å². The summed E-state index contributed by atoms with van der Waals surface area (Å²) in [4.78, 5) is 2.37. The van der Waals surface area contributed by atoms with E-state index in [1.54, 1.807) is 19.1 Å². The molecule has 144 valence electrons. The summed E-state index contributed by atoms with van der Waals surface area (Å²) in [5.74, 6) is 0.113. The molecule has 1 fully saturated rings. The monoisotopic (exact) mass is 386 g/mol. The third-order valence-electron chi connectivity index (χ3n) is 3.86. The molecule has 2 rings (SSSR count). The zero-order chi connectivity index (χ0) is 18.8. The summed E-state index contributed by atoms with van der Waals surface area (Å²) in [7, 11) is 0. The number of hydrogen-bond donors (Lipinski definition) is 2. The van der Waals surface area contributed by atoms with Crippen LogP contribution in [0, 0.1) is 0 Å². The minimum absolute atomic E-state index is 0.113. The summed E-state index contributed by atoms with van der Waals surface area (Å²) >= 11 is 5.19. The average Bonchev–Trinajstić information content (AvgIpc) is 2.64. The Hall–Kier alpha value is -1.84. The number of alkyl halides is 2. The van der Waals surface area contributed by atoms with Crippen LogP contribution in [-0.2, 0) is 4.74 Å². The molecule has 1 aromatic carbocycles. The third-order valence-corrected chi connectivity index (χ3v) is 4.10. The molecule has 0 spiro atoms. The highest BCUT2D eigenvalue weighted by Crippen LogP contribution is 2.15. The predicted octanol–water partition coefficient (Wildman–Crippen LogP) is 2.20. The number of hydrogen-bond acceptors (Lipinski definition) is 5. The van der Waals surface area contributed by atoms with E-state index in [1.165, 1.54) is 12.1 Å². The van der Waals surface area contributed by atoms with Gasteiger partial charge in [-0.05, 0) is 61.9 Å². The first kappa shape index (κ1) is 20.5. The summed E-state index contributed by atoms with van der Waals surface area (Å²) in [5, 5.41) is 7.76. The van der Waals surface area contributed by atoms with Crippen molar-refractivity contribution in [2.24, 2.45) is 5.10 Å². The molecule has 1 heterocycles. The van der Waals surface area contributed by atoms with E-state index in [9.17, 15) is 8.78 Å². The number of benzene rings is 1. The Morgan fingerprint density at radius 2 is 2.00 bits per heavy atom. The first-order valence-electron chi connectivity index (χ1n) is 8.48. The van der Waals surface area contributed by atoms with E-state index < -0.39 is 6.61 Å². The Labute approximate surface area is 157 Å². The smallest absolute Gasteiger partial charge is 0.387 e. The van der Waals surface area contributed by atoms with Crippen molar-refractivity contribution in [2.45, 2.75) is 20.0 Å². The number of nitrogens with zero attached hydrogens (tertiary/aromatic N) is 2. The first-order valence-corrected chi connectivity index (χ1v) is 8.89. The van der Waals surface area contributed by atoms with Crippen LogP contribution in [0.25, 0.3) is 0 Å². The molecule has 0 aliphatic carbocycles. The molecular formula is C17H24F2N4O2S. The molecule has 1 saturated heterocycles. The van der Waals surface area contributed by atoms with Crippen LogP contribution in [0.4, 0.5) is 8.78 Å². The van der Waals surface area contributed by atoms with Gasteiger partial charge < -0.3 is 14.8 Å². The summed E-state index contributed by atoms with van der Waals surface area (Å²) in [6.07, 6.45) is 0.982. The molecule has 1 aliphatic heterocycles. The van der Waals surface area contributed by atoms with Gasteiger partial charge in [0, 0.05) is 19.6 Å². The first-order chi connectivity index (χ1) is 12.5. The number of morpholine rings is 1. The van der Waals surface area contributed by atoms with Gasteiger partial charge >= 0.3 is 6.61 Å². The third kappa shape index (κ3) is 7.59. The molecule has 1 aliphatic rings. The van der Waals surface area contributed by atoms with Crippen LogP contribution in [0.1, 0.15) is 18.9 Å². The summed E-state index contributed by atoms with van der Waals surface area (Å²) in [5.41, 5.74) is 4.26. The molecule has 9 heteroatoms. The summed E-state index contributed by atoms with van der Waals surface area (Å²) in [6.45, 7) is 4.31.